The minimum Gasteiger partial charge on any atom is -0.454 e. The van der Waals surface area contributed by atoms with Crippen LogP contribution < -0.4 is 10.5 Å². The smallest absolute Gasteiger partial charge is 0.167 e. The number of nitrogens with two attached hydrogens (primary N) is 1. The molecular formula is C18H22FNO. The van der Waals surface area contributed by atoms with Crippen molar-refractivity contribution in [3.8, 4) is 11.5 Å². The number of hydrogen-bond acceptors (Lipinski definition) is 2. The van der Waals surface area contributed by atoms with Gasteiger partial charge < -0.3 is 10.5 Å². The lowest BCUT2D eigenvalue weighted by Gasteiger charge is -2.23. The van der Waals surface area contributed by atoms with Gasteiger partial charge in [0.25, 0.3) is 0 Å². The fourth-order valence-electron chi connectivity index (χ4n) is 2.28. The first-order valence-electron chi connectivity index (χ1n) is 7.12. The average molecular weight is 287 g/mol. The molecule has 2 rings (SSSR count). The van der Waals surface area contributed by atoms with Gasteiger partial charge in [-0.15, -0.1) is 0 Å². The number of rotatable bonds is 3. The zero-order chi connectivity index (χ0) is 15.6. The van der Waals surface area contributed by atoms with E-state index in [2.05, 4.69) is 20.8 Å². The molecule has 0 aliphatic rings. The molecule has 0 aromatic heterocycles. The van der Waals surface area contributed by atoms with Crippen molar-refractivity contribution in [3.05, 3.63) is 59.4 Å². The van der Waals surface area contributed by atoms with E-state index in [4.69, 9.17) is 10.5 Å². The first kappa shape index (κ1) is 15.5. The fraction of sp³-hybridized carbons (Fsp3) is 0.333. The van der Waals surface area contributed by atoms with Crippen LogP contribution in [0.1, 0.15) is 44.9 Å². The third kappa shape index (κ3) is 3.42. The van der Waals surface area contributed by atoms with Crippen molar-refractivity contribution in [2.45, 2.75) is 39.2 Å². The molecule has 0 aliphatic heterocycles. The van der Waals surface area contributed by atoms with Gasteiger partial charge in [-0.25, -0.2) is 4.39 Å². The van der Waals surface area contributed by atoms with Gasteiger partial charge in [-0.05, 0) is 24.5 Å². The van der Waals surface area contributed by atoms with Crippen molar-refractivity contribution >= 4 is 0 Å². The summed E-state index contributed by atoms with van der Waals surface area (Å²) in [6.07, 6.45) is 0. The van der Waals surface area contributed by atoms with Gasteiger partial charge in [0, 0.05) is 17.2 Å². The molecule has 112 valence electrons. The lowest BCUT2D eigenvalue weighted by molar-refractivity contribution is 0.417. The zero-order valence-corrected chi connectivity index (χ0v) is 13.0. The number of hydrogen-bond donors (Lipinski definition) is 1. The van der Waals surface area contributed by atoms with E-state index in [1.807, 2.05) is 31.2 Å². The van der Waals surface area contributed by atoms with Gasteiger partial charge >= 0.3 is 0 Å². The summed E-state index contributed by atoms with van der Waals surface area (Å²) in [5.41, 5.74) is 7.52. The molecule has 3 heteroatoms. The Balaban J connectivity index is 2.49. The Morgan fingerprint density at radius 1 is 1.05 bits per heavy atom. The largest absolute Gasteiger partial charge is 0.454 e. The van der Waals surface area contributed by atoms with E-state index >= 15 is 0 Å². The normalized spacial score (nSPS) is 13.0. The molecule has 21 heavy (non-hydrogen) atoms. The third-order valence-electron chi connectivity index (χ3n) is 3.40. The fourth-order valence-corrected chi connectivity index (χ4v) is 2.28. The van der Waals surface area contributed by atoms with Gasteiger partial charge in [-0.1, -0.05) is 51.1 Å². The van der Waals surface area contributed by atoms with Crippen LogP contribution in [0.2, 0.25) is 0 Å². The number of benzene rings is 2. The minimum atomic E-state index is -0.395. The van der Waals surface area contributed by atoms with E-state index in [9.17, 15) is 4.39 Å². The second-order valence-corrected chi connectivity index (χ2v) is 6.30. The Hall–Kier alpha value is -1.87. The summed E-state index contributed by atoms with van der Waals surface area (Å²) in [7, 11) is 0. The monoisotopic (exact) mass is 287 g/mol. The van der Waals surface area contributed by atoms with Gasteiger partial charge in [-0.3, -0.25) is 0 Å². The maximum Gasteiger partial charge on any atom is 0.167 e. The maximum atomic E-state index is 14.1. The van der Waals surface area contributed by atoms with Crippen LogP contribution in [0.5, 0.6) is 11.5 Å². The van der Waals surface area contributed by atoms with Crippen molar-refractivity contribution in [3.63, 3.8) is 0 Å². The highest BCUT2D eigenvalue weighted by molar-refractivity contribution is 5.45. The first-order chi connectivity index (χ1) is 9.80. The molecule has 2 N–H and O–H groups in total. The van der Waals surface area contributed by atoms with Crippen LogP contribution >= 0.6 is 0 Å². The molecule has 2 nitrogen and oxygen atoms in total. The maximum absolute atomic E-state index is 14.1. The molecule has 0 spiro atoms. The van der Waals surface area contributed by atoms with Crippen LogP contribution in [0.15, 0.2) is 42.5 Å². The van der Waals surface area contributed by atoms with Crippen LogP contribution in [0, 0.1) is 5.82 Å². The lowest BCUT2D eigenvalue weighted by Crippen LogP contribution is -2.13. The Kier molecular flexibility index (Phi) is 4.33. The van der Waals surface area contributed by atoms with E-state index in [1.54, 1.807) is 12.1 Å². The Morgan fingerprint density at radius 3 is 2.33 bits per heavy atom. The Morgan fingerprint density at radius 2 is 1.71 bits per heavy atom. The van der Waals surface area contributed by atoms with Gasteiger partial charge in [-0.2, -0.15) is 0 Å². The van der Waals surface area contributed by atoms with Crippen molar-refractivity contribution in [1.29, 1.82) is 0 Å². The van der Waals surface area contributed by atoms with Gasteiger partial charge in [0.15, 0.2) is 11.6 Å². The van der Waals surface area contributed by atoms with E-state index in [0.29, 0.717) is 11.3 Å². The van der Waals surface area contributed by atoms with Crippen LogP contribution in [-0.2, 0) is 5.41 Å². The molecule has 0 bridgehead atoms. The van der Waals surface area contributed by atoms with E-state index in [0.717, 1.165) is 5.56 Å². The topological polar surface area (TPSA) is 35.2 Å². The van der Waals surface area contributed by atoms with E-state index < -0.39 is 5.82 Å². The summed E-state index contributed by atoms with van der Waals surface area (Å²) in [6.45, 7) is 8.12. The quantitative estimate of drug-likeness (QED) is 0.868. The predicted octanol–water partition coefficient (Wildman–Crippen LogP) is 4.94. The molecule has 0 radical (unpaired) electrons. The molecule has 0 saturated carbocycles. The average Bonchev–Trinajstić information content (AvgIpc) is 2.40. The summed E-state index contributed by atoms with van der Waals surface area (Å²) in [4.78, 5) is 0. The second kappa shape index (κ2) is 5.86. The van der Waals surface area contributed by atoms with Crippen LogP contribution in [0.25, 0.3) is 0 Å². The van der Waals surface area contributed by atoms with E-state index in [1.165, 1.54) is 6.07 Å². The van der Waals surface area contributed by atoms with Crippen molar-refractivity contribution < 1.29 is 9.13 Å². The molecule has 2 aromatic carbocycles. The third-order valence-corrected chi connectivity index (χ3v) is 3.40. The standard InChI is InChI=1S/C18H22FNO/c1-12(20)13-8-7-10-15(19)17(13)21-16-11-6-5-9-14(16)18(2,3)4/h5-12H,20H2,1-4H3. The highest BCUT2D eigenvalue weighted by Crippen LogP contribution is 2.37. The van der Waals surface area contributed by atoms with Crippen LogP contribution in [0.4, 0.5) is 4.39 Å². The number of halogens is 1. The highest BCUT2D eigenvalue weighted by Gasteiger charge is 2.21. The molecule has 1 unspecified atom stereocenters. The van der Waals surface area contributed by atoms with Crippen molar-refractivity contribution in [1.82, 2.24) is 0 Å². The van der Waals surface area contributed by atoms with E-state index in [-0.39, 0.29) is 17.2 Å². The summed E-state index contributed by atoms with van der Waals surface area (Å²) in [5.74, 6) is 0.481. The SMILES string of the molecule is CC(N)c1cccc(F)c1Oc1ccccc1C(C)(C)C. The molecule has 0 fully saturated rings. The number of para-hydroxylation sites is 2. The molecule has 2 aromatic rings. The summed E-state index contributed by atoms with van der Waals surface area (Å²) >= 11 is 0. The summed E-state index contributed by atoms with van der Waals surface area (Å²) in [6, 6.07) is 12.2. The lowest BCUT2D eigenvalue weighted by atomic mass is 9.86. The van der Waals surface area contributed by atoms with Gasteiger partial charge in [0.2, 0.25) is 0 Å². The summed E-state index contributed by atoms with van der Waals surface area (Å²) in [5, 5.41) is 0. The minimum absolute atomic E-state index is 0.0870. The zero-order valence-electron chi connectivity index (χ0n) is 13.0. The molecule has 0 amide bonds. The second-order valence-electron chi connectivity index (χ2n) is 6.30. The number of ether oxygens (including phenoxy) is 1. The Bertz CT molecular complexity index is 629. The Labute approximate surface area is 125 Å². The van der Waals surface area contributed by atoms with Crippen molar-refractivity contribution in [2.24, 2.45) is 5.73 Å². The molecule has 0 heterocycles. The highest BCUT2D eigenvalue weighted by atomic mass is 19.1. The predicted molar refractivity (Wildman–Crippen MR) is 84.2 cm³/mol. The van der Waals surface area contributed by atoms with Gasteiger partial charge in [0.05, 0.1) is 0 Å². The molecule has 0 aliphatic carbocycles. The summed E-state index contributed by atoms with van der Waals surface area (Å²) < 4.78 is 20.0. The van der Waals surface area contributed by atoms with Crippen molar-refractivity contribution in [2.75, 3.05) is 0 Å². The molecular weight excluding hydrogens is 265 g/mol. The molecule has 1 atom stereocenters. The first-order valence-corrected chi connectivity index (χ1v) is 7.12. The van der Waals surface area contributed by atoms with Gasteiger partial charge in [0.1, 0.15) is 5.75 Å². The molecule has 0 saturated heterocycles. The van der Waals surface area contributed by atoms with Crippen LogP contribution in [-0.4, -0.2) is 0 Å². The van der Waals surface area contributed by atoms with Crippen LogP contribution in [0.3, 0.4) is 0 Å².